The highest BCUT2D eigenvalue weighted by molar-refractivity contribution is 7.89. The first-order chi connectivity index (χ1) is 9.70. The molecule has 0 aromatic heterocycles. The van der Waals surface area contributed by atoms with Gasteiger partial charge in [-0.05, 0) is 24.6 Å². The van der Waals surface area contributed by atoms with Gasteiger partial charge >= 0.3 is 0 Å². The molecule has 1 N–H and O–H groups in total. The third-order valence-corrected chi connectivity index (χ3v) is 5.00. The second kappa shape index (κ2) is 7.03. The van der Waals surface area contributed by atoms with E-state index in [-0.39, 0.29) is 23.0 Å². The summed E-state index contributed by atoms with van der Waals surface area (Å²) in [6.45, 7) is 5.71. The highest BCUT2D eigenvalue weighted by atomic mass is 32.2. The van der Waals surface area contributed by atoms with Crippen LogP contribution in [0, 0.1) is 25.1 Å². The van der Waals surface area contributed by atoms with E-state index in [9.17, 15) is 12.8 Å². The number of halogens is 1. The Labute approximate surface area is 126 Å². The van der Waals surface area contributed by atoms with Gasteiger partial charge in [0.1, 0.15) is 5.82 Å². The SMILES string of the molecule is C#CCN(C)S(=O)(=O)c1cc(CNC(C)C)cc(F)c1C. The summed E-state index contributed by atoms with van der Waals surface area (Å²) in [7, 11) is -2.41. The molecular weight excluding hydrogens is 291 g/mol. The number of nitrogens with one attached hydrogen (secondary N) is 1. The lowest BCUT2D eigenvalue weighted by atomic mass is 10.1. The number of sulfonamides is 1. The molecule has 1 aromatic carbocycles. The summed E-state index contributed by atoms with van der Waals surface area (Å²) in [5.41, 5.74) is 0.687. The predicted molar refractivity (Wildman–Crippen MR) is 81.8 cm³/mol. The molecule has 0 heterocycles. The first-order valence-corrected chi connectivity index (χ1v) is 8.06. The summed E-state index contributed by atoms with van der Waals surface area (Å²) >= 11 is 0. The number of hydrogen-bond acceptors (Lipinski definition) is 3. The lowest BCUT2D eigenvalue weighted by molar-refractivity contribution is 0.500. The molecule has 0 amide bonds. The van der Waals surface area contributed by atoms with E-state index in [1.54, 1.807) is 0 Å². The normalized spacial score (nSPS) is 11.9. The molecule has 21 heavy (non-hydrogen) atoms. The molecule has 0 bridgehead atoms. The van der Waals surface area contributed by atoms with E-state index in [0.717, 1.165) is 4.31 Å². The fraction of sp³-hybridized carbons (Fsp3) is 0.467. The van der Waals surface area contributed by atoms with Gasteiger partial charge in [0.15, 0.2) is 0 Å². The lowest BCUT2D eigenvalue weighted by Crippen LogP contribution is -2.28. The Kier molecular flexibility index (Phi) is 5.90. The molecule has 0 saturated carbocycles. The van der Waals surface area contributed by atoms with Crippen LogP contribution in [0.2, 0.25) is 0 Å². The van der Waals surface area contributed by atoms with Crippen molar-refractivity contribution >= 4 is 10.0 Å². The van der Waals surface area contributed by atoms with Gasteiger partial charge < -0.3 is 5.32 Å². The van der Waals surface area contributed by atoms with Crippen LogP contribution in [0.5, 0.6) is 0 Å². The van der Waals surface area contributed by atoms with Crippen LogP contribution in [-0.2, 0) is 16.6 Å². The molecule has 0 radical (unpaired) electrons. The highest BCUT2D eigenvalue weighted by Crippen LogP contribution is 2.23. The minimum Gasteiger partial charge on any atom is -0.310 e. The summed E-state index contributed by atoms with van der Waals surface area (Å²) in [5, 5.41) is 3.13. The molecule has 1 aromatic rings. The summed E-state index contributed by atoms with van der Waals surface area (Å²) in [6.07, 6.45) is 5.14. The van der Waals surface area contributed by atoms with E-state index in [2.05, 4.69) is 11.2 Å². The monoisotopic (exact) mass is 312 g/mol. The van der Waals surface area contributed by atoms with Gasteiger partial charge in [-0.15, -0.1) is 6.42 Å². The van der Waals surface area contributed by atoms with Crippen LogP contribution >= 0.6 is 0 Å². The second-order valence-corrected chi connectivity index (χ2v) is 7.21. The van der Waals surface area contributed by atoms with E-state index in [1.807, 2.05) is 13.8 Å². The number of terminal acetylenes is 1. The maximum Gasteiger partial charge on any atom is 0.244 e. The molecule has 0 atom stereocenters. The fourth-order valence-electron chi connectivity index (χ4n) is 1.78. The Morgan fingerprint density at radius 1 is 1.43 bits per heavy atom. The number of rotatable bonds is 6. The molecule has 0 saturated heterocycles. The average molecular weight is 312 g/mol. The molecule has 116 valence electrons. The van der Waals surface area contributed by atoms with E-state index in [0.29, 0.717) is 12.1 Å². The summed E-state index contributed by atoms with van der Waals surface area (Å²) in [6, 6.07) is 3.07. The molecule has 6 heteroatoms. The van der Waals surface area contributed by atoms with Gasteiger partial charge in [0.2, 0.25) is 10.0 Å². The lowest BCUT2D eigenvalue weighted by Gasteiger charge is -2.18. The van der Waals surface area contributed by atoms with Crippen molar-refractivity contribution in [3.8, 4) is 12.3 Å². The molecule has 0 aliphatic heterocycles. The van der Waals surface area contributed by atoms with Crippen molar-refractivity contribution in [1.29, 1.82) is 0 Å². The van der Waals surface area contributed by atoms with Crippen molar-refractivity contribution in [1.82, 2.24) is 9.62 Å². The Hall–Kier alpha value is -1.42. The fourth-order valence-corrected chi connectivity index (χ4v) is 3.15. The Balaban J connectivity index is 3.26. The highest BCUT2D eigenvalue weighted by Gasteiger charge is 2.24. The van der Waals surface area contributed by atoms with Crippen LogP contribution in [0.1, 0.15) is 25.0 Å². The van der Waals surface area contributed by atoms with Gasteiger partial charge in [0.25, 0.3) is 0 Å². The molecule has 0 fully saturated rings. The predicted octanol–water partition coefficient (Wildman–Crippen LogP) is 1.89. The molecule has 1 rings (SSSR count). The molecule has 0 spiro atoms. The Bertz CT molecular complexity index is 648. The average Bonchev–Trinajstić information content (AvgIpc) is 2.39. The van der Waals surface area contributed by atoms with Gasteiger partial charge in [-0.3, -0.25) is 0 Å². The molecular formula is C15H21FN2O2S. The molecule has 0 unspecified atom stereocenters. The van der Waals surface area contributed by atoms with Crippen LogP contribution in [0.3, 0.4) is 0 Å². The zero-order valence-corrected chi connectivity index (χ0v) is 13.6. The van der Waals surface area contributed by atoms with Crippen molar-refractivity contribution in [3.05, 3.63) is 29.1 Å². The van der Waals surface area contributed by atoms with Crippen molar-refractivity contribution in [2.45, 2.75) is 38.3 Å². The van der Waals surface area contributed by atoms with Crippen LogP contribution in [-0.4, -0.2) is 32.4 Å². The molecule has 0 aliphatic carbocycles. The standard InChI is InChI=1S/C15H21FN2O2S/c1-6-7-18(5)21(19,20)15-9-13(10-17-11(2)3)8-14(16)12(15)4/h1,8-9,11,17H,7,10H2,2-5H3. The van der Waals surface area contributed by atoms with Gasteiger partial charge in [-0.25, -0.2) is 12.8 Å². The Morgan fingerprint density at radius 3 is 2.57 bits per heavy atom. The zero-order chi connectivity index (χ0) is 16.2. The van der Waals surface area contributed by atoms with E-state index >= 15 is 0 Å². The number of nitrogens with zero attached hydrogens (tertiary/aromatic N) is 1. The first-order valence-electron chi connectivity index (χ1n) is 6.62. The van der Waals surface area contributed by atoms with Gasteiger partial charge in [-0.2, -0.15) is 4.31 Å². The van der Waals surface area contributed by atoms with Crippen LogP contribution in [0.25, 0.3) is 0 Å². The van der Waals surface area contributed by atoms with Gasteiger partial charge in [0.05, 0.1) is 11.4 Å². The third kappa shape index (κ3) is 4.27. The number of benzene rings is 1. The van der Waals surface area contributed by atoms with Crippen molar-refractivity contribution < 1.29 is 12.8 Å². The van der Waals surface area contributed by atoms with Gasteiger partial charge in [0, 0.05) is 25.2 Å². The van der Waals surface area contributed by atoms with E-state index in [4.69, 9.17) is 6.42 Å². The summed E-state index contributed by atoms with van der Waals surface area (Å²) < 4.78 is 39.9. The van der Waals surface area contributed by atoms with E-state index < -0.39 is 15.8 Å². The van der Waals surface area contributed by atoms with Crippen LogP contribution in [0.15, 0.2) is 17.0 Å². The summed E-state index contributed by atoms with van der Waals surface area (Å²) in [4.78, 5) is -0.0409. The minimum absolute atomic E-state index is 0.0409. The summed E-state index contributed by atoms with van der Waals surface area (Å²) in [5.74, 6) is 1.74. The topological polar surface area (TPSA) is 49.4 Å². The third-order valence-electron chi connectivity index (χ3n) is 3.07. The van der Waals surface area contributed by atoms with Crippen molar-refractivity contribution in [3.63, 3.8) is 0 Å². The largest absolute Gasteiger partial charge is 0.310 e. The number of hydrogen-bond donors (Lipinski definition) is 1. The molecule has 0 aliphatic rings. The van der Waals surface area contributed by atoms with Crippen LogP contribution < -0.4 is 5.32 Å². The maximum atomic E-state index is 14.0. The van der Waals surface area contributed by atoms with Crippen molar-refractivity contribution in [2.75, 3.05) is 13.6 Å². The first kappa shape index (κ1) is 17.6. The molecule has 4 nitrogen and oxygen atoms in total. The zero-order valence-electron chi connectivity index (χ0n) is 12.8. The van der Waals surface area contributed by atoms with Crippen molar-refractivity contribution in [2.24, 2.45) is 0 Å². The second-order valence-electron chi connectivity index (χ2n) is 5.20. The Morgan fingerprint density at radius 2 is 2.05 bits per heavy atom. The van der Waals surface area contributed by atoms with Crippen LogP contribution in [0.4, 0.5) is 4.39 Å². The maximum absolute atomic E-state index is 14.0. The minimum atomic E-state index is -3.79. The van der Waals surface area contributed by atoms with Gasteiger partial charge in [-0.1, -0.05) is 19.8 Å². The van der Waals surface area contributed by atoms with E-state index in [1.165, 1.54) is 26.1 Å². The smallest absolute Gasteiger partial charge is 0.244 e. The quantitative estimate of drug-likeness (QED) is 0.816.